The largest absolute Gasteiger partial charge is 0.496 e. The Hall–Kier alpha value is -2.58. The highest BCUT2D eigenvalue weighted by atomic mass is 79.9. The Labute approximate surface area is 178 Å². The number of amides is 2. The lowest BCUT2D eigenvalue weighted by atomic mass is 10.1. The smallest absolute Gasteiger partial charge is 0.276 e. The monoisotopic (exact) mass is 506 g/mol. The average molecular weight is 508 g/mol. The van der Waals surface area contributed by atoms with Crippen LogP contribution in [-0.2, 0) is 4.79 Å². The molecule has 0 saturated heterocycles. The van der Waals surface area contributed by atoms with Gasteiger partial charge in [-0.25, -0.2) is 0 Å². The zero-order valence-corrected chi connectivity index (χ0v) is 18.0. The SMILES string of the molecule is COc1ccc(Br)cc1C(=O)NNC(=O)COc1ccc2ccccc2c1Br. The standard InChI is InChI=1S/C20H16Br2N2O4/c1-27-16-9-7-13(21)10-15(16)20(26)24-23-18(25)11-28-17-8-6-12-4-2-3-5-14(12)19(17)22/h2-10H,11H2,1H3,(H,23,25)(H,24,26). The van der Waals surface area contributed by atoms with Crippen molar-refractivity contribution >= 4 is 54.4 Å². The minimum absolute atomic E-state index is 0.257. The molecule has 28 heavy (non-hydrogen) atoms. The molecule has 2 N–H and O–H groups in total. The van der Waals surface area contributed by atoms with Crippen molar-refractivity contribution in [2.75, 3.05) is 13.7 Å². The third kappa shape index (κ3) is 4.63. The topological polar surface area (TPSA) is 76.7 Å². The van der Waals surface area contributed by atoms with E-state index in [1.54, 1.807) is 24.3 Å². The summed E-state index contributed by atoms with van der Waals surface area (Å²) in [5.74, 6) is -0.0686. The summed E-state index contributed by atoms with van der Waals surface area (Å²) in [7, 11) is 1.47. The van der Waals surface area contributed by atoms with E-state index in [4.69, 9.17) is 9.47 Å². The first-order chi connectivity index (χ1) is 13.5. The van der Waals surface area contributed by atoms with E-state index >= 15 is 0 Å². The molecule has 0 atom stereocenters. The lowest BCUT2D eigenvalue weighted by Gasteiger charge is -2.12. The maximum atomic E-state index is 12.3. The molecule has 0 fully saturated rings. The van der Waals surface area contributed by atoms with E-state index in [2.05, 4.69) is 42.7 Å². The van der Waals surface area contributed by atoms with Gasteiger partial charge in [0.25, 0.3) is 11.8 Å². The van der Waals surface area contributed by atoms with Crippen LogP contribution < -0.4 is 20.3 Å². The molecule has 6 nitrogen and oxygen atoms in total. The zero-order chi connectivity index (χ0) is 20.1. The van der Waals surface area contributed by atoms with Crippen molar-refractivity contribution in [1.82, 2.24) is 10.9 Å². The molecule has 2 amide bonds. The van der Waals surface area contributed by atoms with Gasteiger partial charge in [0.15, 0.2) is 6.61 Å². The minimum atomic E-state index is -0.501. The summed E-state index contributed by atoms with van der Waals surface area (Å²) in [5.41, 5.74) is 4.97. The van der Waals surface area contributed by atoms with Crippen LogP contribution in [0.4, 0.5) is 0 Å². The normalized spacial score (nSPS) is 10.4. The van der Waals surface area contributed by atoms with Crippen LogP contribution in [0.1, 0.15) is 10.4 Å². The van der Waals surface area contributed by atoms with Crippen molar-refractivity contribution in [1.29, 1.82) is 0 Å². The molecule has 0 aliphatic rings. The predicted molar refractivity (Wildman–Crippen MR) is 113 cm³/mol. The fourth-order valence-corrected chi connectivity index (χ4v) is 3.52. The van der Waals surface area contributed by atoms with Gasteiger partial charge in [-0.1, -0.05) is 46.3 Å². The maximum absolute atomic E-state index is 12.3. The van der Waals surface area contributed by atoms with E-state index in [1.165, 1.54) is 7.11 Å². The van der Waals surface area contributed by atoms with Crippen LogP contribution >= 0.6 is 31.9 Å². The van der Waals surface area contributed by atoms with E-state index in [9.17, 15) is 9.59 Å². The molecule has 0 saturated carbocycles. The number of benzene rings is 3. The Bertz CT molecular complexity index is 1040. The molecule has 3 aromatic carbocycles. The summed E-state index contributed by atoms with van der Waals surface area (Å²) in [6.45, 7) is -0.257. The van der Waals surface area contributed by atoms with Crippen LogP contribution in [0.15, 0.2) is 63.5 Å². The molecule has 0 spiro atoms. The number of nitrogens with one attached hydrogen (secondary N) is 2. The molecule has 3 aromatic rings. The number of hydrogen-bond donors (Lipinski definition) is 2. The molecule has 8 heteroatoms. The van der Waals surface area contributed by atoms with Gasteiger partial charge in [0.05, 0.1) is 17.1 Å². The summed E-state index contributed by atoms with van der Waals surface area (Å²) in [4.78, 5) is 24.3. The summed E-state index contributed by atoms with van der Waals surface area (Å²) >= 11 is 6.80. The van der Waals surface area contributed by atoms with E-state index in [-0.39, 0.29) is 12.2 Å². The molecule has 3 rings (SSSR count). The molecule has 0 aliphatic carbocycles. The van der Waals surface area contributed by atoms with Crippen molar-refractivity contribution < 1.29 is 19.1 Å². The molecular formula is C20H16Br2N2O4. The van der Waals surface area contributed by atoms with E-state index in [0.29, 0.717) is 16.0 Å². The second-order valence-electron chi connectivity index (χ2n) is 5.73. The molecule has 0 radical (unpaired) electrons. The van der Waals surface area contributed by atoms with Crippen molar-refractivity contribution in [3.05, 3.63) is 69.1 Å². The van der Waals surface area contributed by atoms with Crippen LogP contribution in [0.3, 0.4) is 0 Å². The van der Waals surface area contributed by atoms with E-state index in [1.807, 2.05) is 30.3 Å². The van der Waals surface area contributed by atoms with Gasteiger partial charge in [0.1, 0.15) is 11.5 Å². The first-order valence-corrected chi connectivity index (χ1v) is 9.81. The molecular weight excluding hydrogens is 492 g/mol. The minimum Gasteiger partial charge on any atom is -0.496 e. The molecule has 0 aliphatic heterocycles. The first-order valence-electron chi connectivity index (χ1n) is 8.22. The molecule has 144 valence electrons. The van der Waals surface area contributed by atoms with Gasteiger partial charge in [0.2, 0.25) is 0 Å². The van der Waals surface area contributed by atoms with Crippen LogP contribution in [0.5, 0.6) is 11.5 Å². The van der Waals surface area contributed by atoms with E-state index < -0.39 is 11.8 Å². The Kier molecular flexibility index (Phi) is 6.53. The van der Waals surface area contributed by atoms with E-state index in [0.717, 1.165) is 15.2 Å². The molecule has 0 aromatic heterocycles. The maximum Gasteiger partial charge on any atom is 0.276 e. The van der Waals surface area contributed by atoms with Crippen LogP contribution in [0, 0.1) is 0 Å². The van der Waals surface area contributed by atoms with Gasteiger partial charge in [-0.15, -0.1) is 0 Å². The summed E-state index contributed by atoms with van der Waals surface area (Å²) < 4.78 is 12.2. The first kappa shape index (κ1) is 20.2. The predicted octanol–water partition coefficient (Wildman–Crippen LogP) is 4.21. The number of methoxy groups -OCH3 is 1. The number of hydrogen-bond acceptors (Lipinski definition) is 4. The fraction of sp³-hybridized carbons (Fsp3) is 0.100. The summed E-state index contributed by atoms with van der Waals surface area (Å²) in [6, 6.07) is 16.5. The van der Waals surface area contributed by atoms with Crippen molar-refractivity contribution in [3.63, 3.8) is 0 Å². The van der Waals surface area contributed by atoms with Crippen LogP contribution in [0.25, 0.3) is 10.8 Å². The number of fused-ring (bicyclic) bond motifs is 1. The molecule has 0 bridgehead atoms. The Morgan fingerprint density at radius 1 is 0.964 bits per heavy atom. The summed E-state index contributed by atoms with van der Waals surface area (Å²) in [5, 5.41) is 2.04. The lowest BCUT2D eigenvalue weighted by Crippen LogP contribution is -2.43. The number of halogens is 2. The Morgan fingerprint density at radius 2 is 1.71 bits per heavy atom. The van der Waals surface area contributed by atoms with Crippen molar-refractivity contribution in [2.24, 2.45) is 0 Å². The third-order valence-electron chi connectivity index (χ3n) is 3.91. The molecule has 0 unspecified atom stereocenters. The highest BCUT2D eigenvalue weighted by molar-refractivity contribution is 9.11. The van der Waals surface area contributed by atoms with Crippen LogP contribution in [-0.4, -0.2) is 25.5 Å². The van der Waals surface area contributed by atoms with Crippen molar-refractivity contribution in [3.8, 4) is 11.5 Å². The van der Waals surface area contributed by atoms with Gasteiger partial charge in [-0.05, 0) is 51.0 Å². The molecule has 0 heterocycles. The van der Waals surface area contributed by atoms with Gasteiger partial charge in [-0.3, -0.25) is 20.4 Å². The highest BCUT2D eigenvalue weighted by Crippen LogP contribution is 2.32. The van der Waals surface area contributed by atoms with Gasteiger partial charge >= 0.3 is 0 Å². The van der Waals surface area contributed by atoms with Gasteiger partial charge in [-0.2, -0.15) is 0 Å². The second kappa shape index (κ2) is 9.07. The van der Waals surface area contributed by atoms with Crippen LogP contribution in [0.2, 0.25) is 0 Å². The second-order valence-corrected chi connectivity index (χ2v) is 7.44. The van der Waals surface area contributed by atoms with Gasteiger partial charge < -0.3 is 9.47 Å². The quantitative estimate of drug-likeness (QED) is 0.507. The Balaban J connectivity index is 1.59. The number of hydrazine groups is 1. The highest BCUT2D eigenvalue weighted by Gasteiger charge is 2.14. The lowest BCUT2D eigenvalue weighted by molar-refractivity contribution is -0.123. The third-order valence-corrected chi connectivity index (χ3v) is 5.22. The Morgan fingerprint density at radius 3 is 2.50 bits per heavy atom. The van der Waals surface area contributed by atoms with Crippen molar-refractivity contribution in [2.45, 2.75) is 0 Å². The number of carbonyl (C=O) groups is 2. The van der Waals surface area contributed by atoms with Gasteiger partial charge in [0, 0.05) is 4.47 Å². The average Bonchev–Trinajstić information content (AvgIpc) is 2.71. The number of carbonyl (C=O) groups excluding carboxylic acids is 2. The summed E-state index contributed by atoms with van der Waals surface area (Å²) in [6.07, 6.45) is 0. The zero-order valence-electron chi connectivity index (χ0n) is 14.8. The fourth-order valence-electron chi connectivity index (χ4n) is 2.56. The number of ether oxygens (including phenoxy) is 2. The number of rotatable bonds is 5.